The summed E-state index contributed by atoms with van der Waals surface area (Å²) < 4.78 is 18.4. The Morgan fingerprint density at radius 2 is 2.22 bits per heavy atom. The molecule has 0 fully saturated rings. The van der Waals surface area contributed by atoms with Crippen molar-refractivity contribution in [3.05, 3.63) is 45.2 Å². The highest BCUT2D eigenvalue weighted by Crippen LogP contribution is 2.24. The lowest BCUT2D eigenvalue weighted by Gasteiger charge is -2.16. The van der Waals surface area contributed by atoms with Crippen molar-refractivity contribution in [1.82, 2.24) is 15.6 Å². The fraction of sp³-hybridized carbons (Fsp3) is 0.389. The molecule has 1 unspecified atom stereocenters. The summed E-state index contributed by atoms with van der Waals surface area (Å²) >= 11 is 1.28. The Hall–Kier alpha value is -2.68. The van der Waals surface area contributed by atoms with E-state index < -0.39 is 5.82 Å². The van der Waals surface area contributed by atoms with Crippen molar-refractivity contribution in [3.8, 4) is 5.75 Å². The summed E-state index contributed by atoms with van der Waals surface area (Å²) in [6, 6.07) is 3.99. The van der Waals surface area contributed by atoms with Crippen LogP contribution in [0.2, 0.25) is 0 Å². The number of ether oxygens (including phenoxy) is 1. The third-order valence-electron chi connectivity index (χ3n) is 3.69. The Morgan fingerprint density at radius 1 is 1.48 bits per heavy atom. The van der Waals surface area contributed by atoms with Crippen LogP contribution in [0.1, 0.15) is 45.8 Å². The Labute approximate surface area is 161 Å². The fourth-order valence-corrected chi connectivity index (χ4v) is 3.26. The van der Waals surface area contributed by atoms with Crippen LogP contribution in [0.15, 0.2) is 23.2 Å². The second-order valence-electron chi connectivity index (χ2n) is 5.76. The van der Waals surface area contributed by atoms with Crippen LogP contribution in [0.4, 0.5) is 4.39 Å². The number of carbonyl (C=O) groups excluding carboxylic acids is 1. The van der Waals surface area contributed by atoms with E-state index in [0.717, 1.165) is 5.01 Å². The summed E-state index contributed by atoms with van der Waals surface area (Å²) in [5.41, 5.74) is 1.29. The highest BCUT2D eigenvalue weighted by Gasteiger charge is 2.20. The van der Waals surface area contributed by atoms with E-state index in [1.165, 1.54) is 23.5 Å². The van der Waals surface area contributed by atoms with Gasteiger partial charge in [0.25, 0.3) is 0 Å². The number of hydrogen-bond acceptors (Lipinski definition) is 6. The molecule has 27 heavy (non-hydrogen) atoms. The number of halogens is 1. The number of nitrogens with one attached hydrogen (secondary N) is 2. The van der Waals surface area contributed by atoms with Gasteiger partial charge in [0.1, 0.15) is 9.88 Å². The molecule has 1 aromatic heterocycles. The van der Waals surface area contributed by atoms with Gasteiger partial charge in [-0.3, -0.25) is 4.99 Å². The van der Waals surface area contributed by atoms with Crippen molar-refractivity contribution in [1.29, 1.82) is 0 Å². The molecular weight excluding hydrogens is 371 g/mol. The standard InChI is InChI=1S/C18H23FN4O3S/c1-5-26-17(25)15-10(2)22-16(27-15)11(3)23-18(20-4)21-9-12-6-7-14(24)13(19)8-12/h6-8,11,24H,5,9H2,1-4H3,(H2,20,21,23). The van der Waals surface area contributed by atoms with E-state index >= 15 is 0 Å². The van der Waals surface area contributed by atoms with Crippen LogP contribution in [0.5, 0.6) is 5.75 Å². The molecular formula is C18H23FN4O3S. The largest absolute Gasteiger partial charge is 0.505 e. The van der Waals surface area contributed by atoms with Gasteiger partial charge < -0.3 is 20.5 Å². The predicted molar refractivity (Wildman–Crippen MR) is 103 cm³/mol. The summed E-state index contributed by atoms with van der Waals surface area (Å²) in [5, 5.41) is 16.2. The molecule has 1 aromatic carbocycles. The van der Waals surface area contributed by atoms with Crippen LogP contribution in [0.3, 0.4) is 0 Å². The molecule has 0 bridgehead atoms. The number of rotatable bonds is 6. The number of esters is 1. The van der Waals surface area contributed by atoms with Crippen LogP contribution < -0.4 is 10.6 Å². The van der Waals surface area contributed by atoms with Crippen molar-refractivity contribution in [2.24, 2.45) is 4.99 Å². The molecule has 0 saturated carbocycles. The first-order valence-corrected chi connectivity index (χ1v) is 9.26. The maximum atomic E-state index is 13.4. The van der Waals surface area contributed by atoms with E-state index in [1.807, 2.05) is 6.92 Å². The molecule has 0 radical (unpaired) electrons. The van der Waals surface area contributed by atoms with Gasteiger partial charge >= 0.3 is 5.97 Å². The number of nitrogens with zero attached hydrogens (tertiary/aromatic N) is 2. The predicted octanol–water partition coefficient (Wildman–Crippen LogP) is 2.90. The topological polar surface area (TPSA) is 95.8 Å². The van der Waals surface area contributed by atoms with Gasteiger partial charge in [-0.15, -0.1) is 11.3 Å². The quantitative estimate of drug-likeness (QED) is 0.396. The minimum Gasteiger partial charge on any atom is -0.505 e. The smallest absolute Gasteiger partial charge is 0.350 e. The lowest BCUT2D eigenvalue weighted by molar-refractivity contribution is 0.0531. The minimum atomic E-state index is -0.671. The van der Waals surface area contributed by atoms with E-state index in [9.17, 15) is 14.3 Å². The van der Waals surface area contributed by atoms with E-state index in [1.54, 1.807) is 27.0 Å². The number of benzene rings is 1. The molecule has 0 saturated heterocycles. The summed E-state index contributed by atoms with van der Waals surface area (Å²) in [7, 11) is 1.62. The Morgan fingerprint density at radius 3 is 2.85 bits per heavy atom. The molecule has 2 aromatic rings. The highest BCUT2D eigenvalue weighted by atomic mass is 32.1. The zero-order valence-electron chi connectivity index (χ0n) is 15.7. The van der Waals surface area contributed by atoms with Gasteiger partial charge in [-0.05, 0) is 38.5 Å². The first-order valence-electron chi connectivity index (χ1n) is 8.44. The van der Waals surface area contributed by atoms with Gasteiger partial charge in [0.05, 0.1) is 18.3 Å². The summed E-state index contributed by atoms with van der Waals surface area (Å²) in [4.78, 5) is 21.0. The van der Waals surface area contributed by atoms with Crippen molar-refractivity contribution in [2.75, 3.05) is 13.7 Å². The zero-order valence-corrected chi connectivity index (χ0v) is 16.5. The minimum absolute atomic E-state index is 0.195. The third-order valence-corrected chi connectivity index (χ3v) is 5.01. The number of guanidine groups is 1. The van der Waals surface area contributed by atoms with E-state index in [-0.39, 0.29) is 17.8 Å². The first kappa shape index (κ1) is 20.6. The number of hydrogen-bond donors (Lipinski definition) is 3. The molecule has 0 aliphatic carbocycles. The molecule has 0 aliphatic rings. The molecule has 9 heteroatoms. The van der Waals surface area contributed by atoms with Crippen molar-refractivity contribution < 1.29 is 19.0 Å². The molecule has 1 atom stereocenters. The molecule has 7 nitrogen and oxygen atoms in total. The summed E-state index contributed by atoms with van der Waals surface area (Å²) in [6.45, 7) is 6.07. The first-order chi connectivity index (χ1) is 12.8. The van der Waals surface area contributed by atoms with Crippen LogP contribution >= 0.6 is 11.3 Å². The monoisotopic (exact) mass is 394 g/mol. The Bertz CT molecular complexity index is 838. The molecule has 146 valence electrons. The molecule has 0 spiro atoms. The van der Waals surface area contributed by atoms with Crippen molar-refractivity contribution in [2.45, 2.75) is 33.4 Å². The second kappa shape index (κ2) is 9.31. The van der Waals surface area contributed by atoms with E-state index in [4.69, 9.17) is 4.74 Å². The van der Waals surface area contributed by atoms with Crippen LogP contribution in [-0.4, -0.2) is 35.7 Å². The third kappa shape index (κ3) is 5.40. The number of carbonyl (C=O) groups is 1. The zero-order chi connectivity index (χ0) is 20.0. The van der Waals surface area contributed by atoms with Crippen LogP contribution in [-0.2, 0) is 11.3 Å². The molecule has 0 aliphatic heterocycles. The van der Waals surface area contributed by atoms with Crippen molar-refractivity contribution >= 4 is 23.3 Å². The maximum absolute atomic E-state index is 13.4. The fourth-order valence-electron chi connectivity index (χ4n) is 2.30. The van der Waals surface area contributed by atoms with E-state index in [0.29, 0.717) is 35.2 Å². The SMILES string of the molecule is CCOC(=O)c1sc(C(C)NC(=NC)NCc2ccc(O)c(F)c2)nc1C. The maximum Gasteiger partial charge on any atom is 0.350 e. The number of aromatic hydroxyl groups is 1. The van der Waals surface area contributed by atoms with Gasteiger partial charge in [-0.25, -0.2) is 14.2 Å². The van der Waals surface area contributed by atoms with Crippen LogP contribution in [0, 0.1) is 12.7 Å². The number of thiazole rings is 1. The lowest BCUT2D eigenvalue weighted by Crippen LogP contribution is -2.38. The number of aryl methyl sites for hydroxylation is 1. The average Bonchev–Trinajstić information content (AvgIpc) is 3.03. The molecule has 1 heterocycles. The lowest BCUT2D eigenvalue weighted by atomic mass is 10.2. The Kier molecular flexibility index (Phi) is 7.12. The van der Waals surface area contributed by atoms with Crippen molar-refractivity contribution in [3.63, 3.8) is 0 Å². The summed E-state index contributed by atoms with van der Waals surface area (Å²) in [5.74, 6) is -0.925. The number of aliphatic imine (C=N–C) groups is 1. The van der Waals surface area contributed by atoms with Gasteiger partial charge in [0.2, 0.25) is 0 Å². The van der Waals surface area contributed by atoms with E-state index in [2.05, 4.69) is 20.6 Å². The van der Waals surface area contributed by atoms with Gasteiger partial charge in [0.15, 0.2) is 17.5 Å². The van der Waals surface area contributed by atoms with Gasteiger partial charge in [0, 0.05) is 13.6 Å². The molecule has 2 rings (SSSR count). The van der Waals surface area contributed by atoms with Gasteiger partial charge in [-0.2, -0.15) is 0 Å². The highest BCUT2D eigenvalue weighted by molar-refractivity contribution is 7.13. The molecule has 3 N–H and O–H groups in total. The summed E-state index contributed by atoms with van der Waals surface area (Å²) in [6.07, 6.45) is 0. The van der Waals surface area contributed by atoms with Crippen LogP contribution in [0.25, 0.3) is 0 Å². The average molecular weight is 394 g/mol. The number of phenols is 1. The Balaban J connectivity index is 2.00. The number of phenolic OH excluding ortho intramolecular Hbond substituents is 1. The normalized spacial score (nSPS) is 12.6. The second-order valence-corrected chi connectivity index (χ2v) is 6.80. The molecule has 0 amide bonds. The van der Waals surface area contributed by atoms with Gasteiger partial charge in [-0.1, -0.05) is 6.07 Å². The number of aromatic nitrogens is 1.